The number of carbonyl (C=O) groups excluding carboxylic acids is 1. The van der Waals surface area contributed by atoms with Gasteiger partial charge in [-0.1, -0.05) is 53.9 Å². The molecular formula is C19H17N5OS3. The summed E-state index contributed by atoms with van der Waals surface area (Å²) < 4.78 is 4.13. The molecule has 0 saturated heterocycles. The monoisotopic (exact) mass is 427 g/mol. The summed E-state index contributed by atoms with van der Waals surface area (Å²) in [5, 5.41) is 8.94. The summed E-state index contributed by atoms with van der Waals surface area (Å²) in [4.78, 5) is 16.2. The van der Waals surface area contributed by atoms with Gasteiger partial charge in [0.15, 0.2) is 9.50 Å². The number of nitrogens with zero attached hydrogens (tertiary/aromatic N) is 4. The number of benzene rings is 2. The van der Waals surface area contributed by atoms with Gasteiger partial charge in [0.25, 0.3) is 0 Å². The van der Waals surface area contributed by atoms with Gasteiger partial charge in [0.2, 0.25) is 5.91 Å². The van der Waals surface area contributed by atoms with E-state index in [4.69, 9.17) is 5.73 Å². The fourth-order valence-electron chi connectivity index (χ4n) is 2.56. The normalized spacial score (nSPS) is 12.3. The zero-order valence-electron chi connectivity index (χ0n) is 15.0. The predicted octanol–water partition coefficient (Wildman–Crippen LogP) is 4.14. The first kappa shape index (κ1) is 19.0. The number of rotatable bonds is 7. The van der Waals surface area contributed by atoms with E-state index in [-0.39, 0.29) is 5.91 Å². The van der Waals surface area contributed by atoms with Crippen LogP contribution < -0.4 is 5.73 Å². The maximum absolute atomic E-state index is 11.5. The zero-order valence-corrected chi connectivity index (χ0v) is 17.4. The molecule has 2 aromatic heterocycles. The second-order valence-electron chi connectivity index (χ2n) is 5.97. The van der Waals surface area contributed by atoms with E-state index in [0.717, 1.165) is 21.4 Å². The molecule has 0 saturated carbocycles. The third-order valence-electron chi connectivity index (χ3n) is 4.00. The van der Waals surface area contributed by atoms with Crippen molar-refractivity contribution >= 4 is 51.0 Å². The maximum Gasteiger partial charge on any atom is 0.230 e. The zero-order chi connectivity index (χ0) is 19.5. The summed E-state index contributed by atoms with van der Waals surface area (Å²) in [6.45, 7) is 1.77. The van der Waals surface area contributed by atoms with Gasteiger partial charge < -0.3 is 5.73 Å². The highest BCUT2D eigenvalue weighted by atomic mass is 32.2. The van der Waals surface area contributed by atoms with Gasteiger partial charge in [-0.25, -0.2) is 4.98 Å². The number of fused-ring (bicyclic) bond motifs is 1. The van der Waals surface area contributed by atoms with E-state index in [9.17, 15) is 4.79 Å². The summed E-state index contributed by atoms with van der Waals surface area (Å²) in [5.74, 6) is 1.04. The molecule has 142 valence electrons. The molecule has 0 spiro atoms. The quantitative estimate of drug-likeness (QED) is 0.446. The lowest BCUT2D eigenvalue weighted by molar-refractivity contribution is -0.117. The molecule has 4 aromatic rings. The molecule has 6 nitrogen and oxygen atoms in total. The summed E-state index contributed by atoms with van der Waals surface area (Å²) in [6.07, 6.45) is 0. The molecule has 0 unspecified atom stereocenters. The molecule has 0 aliphatic rings. The number of primary amides is 1. The number of para-hydroxylation sites is 2. The molecule has 9 heteroatoms. The number of nitrogens with two attached hydrogens (primary N) is 1. The van der Waals surface area contributed by atoms with Crippen LogP contribution in [0.4, 0.5) is 0 Å². The van der Waals surface area contributed by atoms with E-state index < -0.39 is 5.25 Å². The van der Waals surface area contributed by atoms with Gasteiger partial charge in [-0.15, -0.1) is 21.5 Å². The van der Waals surface area contributed by atoms with E-state index in [2.05, 4.69) is 21.2 Å². The second kappa shape index (κ2) is 8.34. The number of hydrogen-bond acceptors (Lipinski definition) is 7. The predicted molar refractivity (Wildman–Crippen MR) is 115 cm³/mol. The van der Waals surface area contributed by atoms with Crippen molar-refractivity contribution in [3.8, 4) is 5.69 Å². The molecule has 28 heavy (non-hydrogen) atoms. The van der Waals surface area contributed by atoms with Crippen LogP contribution in [-0.4, -0.2) is 30.9 Å². The topological polar surface area (TPSA) is 86.7 Å². The van der Waals surface area contributed by atoms with Crippen LogP contribution in [0.1, 0.15) is 12.7 Å². The third-order valence-corrected chi connectivity index (χ3v) is 7.23. The Balaban J connectivity index is 1.62. The average molecular weight is 428 g/mol. The Kier molecular flexibility index (Phi) is 5.65. The van der Waals surface area contributed by atoms with Crippen molar-refractivity contribution in [1.82, 2.24) is 19.7 Å². The van der Waals surface area contributed by atoms with Crippen LogP contribution in [-0.2, 0) is 10.5 Å². The summed E-state index contributed by atoms with van der Waals surface area (Å²) >= 11 is 4.61. The minimum Gasteiger partial charge on any atom is -0.369 e. The van der Waals surface area contributed by atoms with E-state index >= 15 is 0 Å². The van der Waals surface area contributed by atoms with Crippen molar-refractivity contribution in [1.29, 1.82) is 0 Å². The van der Waals surface area contributed by atoms with Crippen molar-refractivity contribution in [3.63, 3.8) is 0 Å². The van der Waals surface area contributed by atoms with Gasteiger partial charge >= 0.3 is 0 Å². The molecule has 0 fully saturated rings. The SMILES string of the molecule is C[C@H](Sc1nnc(CSc2nc3ccccc3s2)n1-c1ccccc1)C(N)=O. The molecule has 2 heterocycles. The van der Waals surface area contributed by atoms with E-state index in [1.54, 1.807) is 30.0 Å². The molecule has 2 aromatic carbocycles. The van der Waals surface area contributed by atoms with Gasteiger partial charge in [-0.3, -0.25) is 9.36 Å². The maximum atomic E-state index is 11.5. The van der Waals surface area contributed by atoms with Gasteiger partial charge in [0.05, 0.1) is 21.2 Å². The number of carbonyl (C=O) groups is 1. The highest BCUT2D eigenvalue weighted by molar-refractivity contribution is 8.00. The minimum atomic E-state index is -0.392. The lowest BCUT2D eigenvalue weighted by Crippen LogP contribution is -2.23. The van der Waals surface area contributed by atoms with Crippen LogP contribution in [0.3, 0.4) is 0 Å². The van der Waals surface area contributed by atoms with Crippen LogP contribution in [0.2, 0.25) is 0 Å². The fraction of sp³-hybridized carbons (Fsp3) is 0.158. The molecular weight excluding hydrogens is 410 g/mol. The van der Waals surface area contributed by atoms with Gasteiger partial charge in [-0.05, 0) is 31.2 Å². The number of hydrogen-bond donors (Lipinski definition) is 1. The van der Waals surface area contributed by atoms with Crippen LogP contribution in [0.15, 0.2) is 64.1 Å². The largest absolute Gasteiger partial charge is 0.369 e. The van der Waals surface area contributed by atoms with Crippen molar-refractivity contribution in [3.05, 3.63) is 60.4 Å². The second-order valence-corrected chi connectivity index (χ2v) is 9.53. The van der Waals surface area contributed by atoms with Crippen molar-refractivity contribution < 1.29 is 4.79 Å². The summed E-state index contributed by atoms with van der Waals surface area (Å²) in [6, 6.07) is 18.0. The van der Waals surface area contributed by atoms with Crippen LogP contribution >= 0.6 is 34.9 Å². The lowest BCUT2D eigenvalue weighted by Gasteiger charge is -2.11. The molecule has 2 N–H and O–H groups in total. The van der Waals surface area contributed by atoms with Crippen molar-refractivity contribution in [2.45, 2.75) is 27.4 Å². The number of thiazole rings is 1. The van der Waals surface area contributed by atoms with E-state index in [1.165, 1.54) is 16.5 Å². The van der Waals surface area contributed by atoms with E-state index in [1.807, 2.05) is 53.1 Å². The van der Waals surface area contributed by atoms with Gasteiger partial charge in [0.1, 0.15) is 5.82 Å². The van der Waals surface area contributed by atoms with Crippen molar-refractivity contribution in [2.75, 3.05) is 0 Å². The standard InChI is InChI=1S/C19H17N5OS3/c1-12(17(20)25)27-18-23-22-16(24(18)13-7-3-2-4-8-13)11-26-19-21-14-9-5-6-10-15(14)28-19/h2-10,12H,11H2,1H3,(H2,20,25)/t12-/m0/s1. The minimum absolute atomic E-state index is 0.377. The highest BCUT2D eigenvalue weighted by Crippen LogP contribution is 2.33. The van der Waals surface area contributed by atoms with E-state index in [0.29, 0.717) is 10.9 Å². The van der Waals surface area contributed by atoms with Gasteiger partial charge in [0, 0.05) is 5.69 Å². The number of amides is 1. The number of aromatic nitrogens is 4. The molecule has 4 rings (SSSR count). The molecule has 0 aliphatic heterocycles. The molecule has 0 aliphatic carbocycles. The van der Waals surface area contributed by atoms with Crippen LogP contribution in [0.5, 0.6) is 0 Å². The summed E-state index contributed by atoms with van der Waals surface area (Å²) in [5.41, 5.74) is 7.38. The van der Waals surface area contributed by atoms with Crippen LogP contribution in [0.25, 0.3) is 15.9 Å². The molecule has 1 atom stereocenters. The van der Waals surface area contributed by atoms with Gasteiger partial charge in [-0.2, -0.15) is 0 Å². The number of thioether (sulfide) groups is 2. The molecule has 0 radical (unpaired) electrons. The van der Waals surface area contributed by atoms with Crippen LogP contribution in [0, 0.1) is 0 Å². The molecule has 0 bridgehead atoms. The first-order valence-electron chi connectivity index (χ1n) is 8.56. The average Bonchev–Trinajstić information content (AvgIpc) is 3.30. The Hall–Kier alpha value is -2.36. The Morgan fingerprint density at radius 2 is 1.89 bits per heavy atom. The fourth-order valence-corrected chi connectivity index (χ4v) is 5.38. The third kappa shape index (κ3) is 4.06. The van der Waals surface area contributed by atoms with Crippen molar-refractivity contribution in [2.24, 2.45) is 5.73 Å². The Labute approximate surface area is 174 Å². The Bertz CT molecular complexity index is 1080. The Morgan fingerprint density at radius 3 is 2.64 bits per heavy atom. The summed E-state index contributed by atoms with van der Waals surface area (Å²) in [7, 11) is 0. The first-order chi connectivity index (χ1) is 13.6. The first-order valence-corrected chi connectivity index (χ1v) is 11.2. The smallest absolute Gasteiger partial charge is 0.230 e. The highest BCUT2D eigenvalue weighted by Gasteiger charge is 2.20. The molecule has 1 amide bonds. The Morgan fingerprint density at radius 1 is 1.14 bits per heavy atom. The lowest BCUT2D eigenvalue weighted by atomic mass is 10.3.